The minimum atomic E-state index is -3.65. The van der Waals surface area contributed by atoms with Gasteiger partial charge in [0.05, 0.1) is 0 Å². The highest BCUT2D eigenvalue weighted by Gasteiger charge is 2.14. The third-order valence-corrected chi connectivity index (χ3v) is 4.25. The average molecular weight is 429 g/mol. The maximum Gasteiger partial charge on any atom is 0.263 e. The normalized spacial score (nSPS) is 11.6. The Hall–Kier alpha value is 0.850. The largest absolute Gasteiger partial charge is 0.263 e. The van der Waals surface area contributed by atoms with E-state index in [1.807, 2.05) is 45.2 Å². The van der Waals surface area contributed by atoms with E-state index in [1.54, 1.807) is 6.07 Å². The van der Waals surface area contributed by atoms with Crippen molar-refractivity contribution in [3.05, 3.63) is 19.5 Å². The van der Waals surface area contributed by atoms with Gasteiger partial charge in [-0.15, -0.1) is 0 Å². The van der Waals surface area contributed by atoms with E-state index in [1.165, 1.54) is 6.20 Å². The molecule has 0 radical (unpaired) electrons. The van der Waals surface area contributed by atoms with Crippen LogP contribution in [0.3, 0.4) is 0 Å². The van der Waals surface area contributed by atoms with E-state index in [0.717, 1.165) is 3.70 Å². The molecule has 0 spiro atoms. The highest BCUT2D eigenvalue weighted by Crippen LogP contribution is 2.21. The Labute approximate surface area is 102 Å². The van der Waals surface area contributed by atoms with Crippen LogP contribution < -0.4 is 0 Å². The molecule has 1 aromatic heterocycles. The van der Waals surface area contributed by atoms with Crippen molar-refractivity contribution in [1.29, 1.82) is 0 Å². The van der Waals surface area contributed by atoms with Gasteiger partial charge in [0, 0.05) is 20.4 Å². The van der Waals surface area contributed by atoms with Crippen LogP contribution in [-0.4, -0.2) is 13.4 Å². The summed E-state index contributed by atoms with van der Waals surface area (Å²) >= 11 is 3.90. The summed E-state index contributed by atoms with van der Waals surface area (Å²) in [4.78, 5) is 3.89. The van der Waals surface area contributed by atoms with Crippen LogP contribution in [0.25, 0.3) is 0 Å². The number of hydrogen-bond donors (Lipinski definition) is 0. The van der Waals surface area contributed by atoms with Gasteiger partial charge in [0.15, 0.2) is 0 Å². The van der Waals surface area contributed by atoms with E-state index in [9.17, 15) is 8.42 Å². The van der Waals surface area contributed by atoms with Gasteiger partial charge in [-0.1, -0.05) is 0 Å². The second-order valence-electron chi connectivity index (χ2n) is 1.88. The lowest BCUT2D eigenvalue weighted by molar-refractivity contribution is 0.608. The molecule has 0 fully saturated rings. The molecule has 0 bridgehead atoms. The molecule has 0 aromatic carbocycles. The third kappa shape index (κ3) is 2.67. The van der Waals surface area contributed by atoms with Gasteiger partial charge < -0.3 is 0 Å². The molecular weight excluding hydrogens is 427 g/mol. The van der Waals surface area contributed by atoms with Crippen LogP contribution in [-0.2, 0) is 9.05 Å². The predicted octanol–water partition coefficient (Wildman–Crippen LogP) is 2.22. The first kappa shape index (κ1) is 10.9. The first-order valence-electron chi connectivity index (χ1n) is 2.67. The molecule has 0 amide bonds. The zero-order valence-corrected chi connectivity index (χ0v) is 11.3. The zero-order chi connectivity index (χ0) is 9.35. The molecule has 0 unspecified atom stereocenters. The summed E-state index contributed by atoms with van der Waals surface area (Å²) in [6.45, 7) is 0. The molecular formula is C5H2ClI2NO2S. The molecule has 12 heavy (non-hydrogen) atoms. The summed E-state index contributed by atoms with van der Waals surface area (Å²) < 4.78 is 23.1. The van der Waals surface area contributed by atoms with Crippen molar-refractivity contribution in [2.45, 2.75) is 4.90 Å². The van der Waals surface area contributed by atoms with Crippen molar-refractivity contribution in [1.82, 2.24) is 4.98 Å². The SMILES string of the molecule is O=S(=O)(Cl)c1cnc(I)cc1I. The molecule has 0 N–H and O–H groups in total. The standard InChI is InChI=1S/C5H2ClI2NO2S/c6-12(10,11)4-2-9-5(8)1-3(4)7/h1-2H. The molecule has 1 heterocycles. The molecule has 0 aliphatic carbocycles. The minimum absolute atomic E-state index is 0.0604. The van der Waals surface area contributed by atoms with Crippen molar-refractivity contribution < 1.29 is 8.42 Å². The first-order chi connectivity index (χ1) is 5.41. The van der Waals surface area contributed by atoms with Crippen LogP contribution in [0, 0.1) is 7.27 Å². The Bertz CT molecular complexity index is 406. The molecule has 0 saturated carbocycles. The van der Waals surface area contributed by atoms with Gasteiger partial charge >= 0.3 is 0 Å². The summed E-state index contributed by atoms with van der Waals surface area (Å²) in [5.41, 5.74) is 0. The third-order valence-electron chi connectivity index (χ3n) is 1.05. The van der Waals surface area contributed by atoms with Crippen molar-refractivity contribution in [3.63, 3.8) is 0 Å². The summed E-state index contributed by atoms with van der Waals surface area (Å²) in [6, 6.07) is 1.65. The Balaban J connectivity index is 3.39. The topological polar surface area (TPSA) is 47.0 Å². The van der Waals surface area contributed by atoms with Crippen molar-refractivity contribution in [3.8, 4) is 0 Å². The van der Waals surface area contributed by atoms with Crippen LogP contribution in [0.4, 0.5) is 0 Å². The van der Waals surface area contributed by atoms with Gasteiger partial charge in [0.1, 0.15) is 8.60 Å². The molecule has 1 rings (SSSR count). The van der Waals surface area contributed by atoms with Crippen LogP contribution in [0.2, 0.25) is 0 Å². The van der Waals surface area contributed by atoms with Gasteiger partial charge in [0.2, 0.25) is 0 Å². The van der Waals surface area contributed by atoms with Crippen LogP contribution in [0.15, 0.2) is 17.2 Å². The molecule has 66 valence electrons. The fourth-order valence-corrected chi connectivity index (χ4v) is 4.15. The van der Waals surface area contributed by atoms with Crippen molar-refractivity contribution in [2.24, 2.45) is 0 Å². The van der Waals surface area contributed by atoms with E-state index in [4.69, 9.17) is 10.7 Å². The molecule has 0 saturated heterocycles. The summed E-state index contributed by atoms with van der Waals surface area (Å²) in [5.74, 6) is 0. The quantitative estimate of drug-likeness (QED) is 0.391. The summed E-state index contributed by atoms with van der Waals surface area (Å²) in [5, 5.41) is 0. The second kappa shape index (κ2) is 3.93. The molecule has 0 aliphatic rings. The van der Waals surface area contributed by atoms with Crippen LogP contribution >= 0.6 is 55.9 Å². The van der Waals surface area contributed by atoms with E-state index in [0.29, 0.717) is 3.57 Å². The van der Waals surface area contributed by atoms with Gasteiger partial charge in [-0.3, -0.25) is 0 Å². The number of hydrogen-bond acceptors (Lipinski definition) is 3. The lowest BCUT2D eigenvalue weighted by atomic mass is 10.5. The fourth-order valence-electron chi connectivity index (χ4n) is 0.574. The number of aromatic nitrogens is 1. The number of pyridine rings is 1. The average Bonchev–Trinajstić information content (AvgIpc) is 1.83. The summed E-state index contributed by atoms with van der Waals surface area (Å²) in [7, 11) is 1.49. The fraction of sp³-hybridized carbons (Fsp3) is 0. The highest BCUT2D eigenvalue weighted by atomic mass is 127. The maximum absolute atomic E-state index is 10.9. The van der Waals surface area contributed by atoms with E-state index < -0.39 is 9.05 Å². The van der Waals surface area contributed by atoms with E-state index in [2.05, 4.69) is 4.98 Å². The highest BCUT2D eigenvalue weighted by molar-refractivity contribution is 14.1. The second-order valence-corrected chi connectivity index (χ2v) is 6.68. The van der Waals surface area contributed by atoms with Gasteiger partial charge in [-0.25, -0.2) is 13.4 Å². The van der Waals surface area contributed by atoms with Crippen molar-refractivity contribution >= 4 is 64.9 Å². The van der Waals surface area contributed by atoms with E-state index >= 15 is 0 Å². The Kier molecular flexibility index (Phi) is 3.58. The maximum atomic E-state index is 10.9. The first-order valence-corrected chi connectivity index (χ1v) is 7.13. The summed E-state index contributed by atoms with van der Waals surface area (Å²) in [6.07, 6.45) is 1.26. The Morgan fingerprint density at radius 2 is 2.00 bits per heavy atom. The zero-order valence-electron chi connectivity index (χ0n) is 5.46. The lowest BCUT2D eigenvalue weighted by Gasteiger charge is -1.98. The van der Waals surface area contributed by atoms with Gasteiger partial charge in [-0.05, 0) is 51.2 Å². The Morgan fingerprint density at radius 3 is 2.42 bits per heavy atom. The molecule has 0 aliphatic heterocycles. The van der Waals surface area contributed by atoms with E-state index in [-0.39, 0.29) is 4.90 Å². The number of halogens is 3. The molecule has 0 atom stereocenters. The number of rotatable bonds is 1. The minimum Gasteiger partial charge on any atom is -0.249 e. The van der Waals surface area contributed by atoms with Gasteiger partial charge in [-0.2, -0.15) is 0 Å². The molecule has 1 aromatic rings. The number of nitrogens with zero attached hydrogens (tertiary/aromatic N) is 1. The van der Waals surface area contributed by atoms with Crippen molar-refractivity contribution in [2.75, 3.05) is 0 Å². The smallest absolute Gasteiger partial charge is 0.249 e. The van der Waals surface area contributed by atoms with Crippen LogP contribution in [0.5, 0.6) is 0 Å². The lowest BCUT2D eigenvalue weighted by Crippen LogP contribution is -1.96. The van der Waals surface area contributed by atoms with Crippen LogP contribution in [0.1, 0.15) is 0 Å². The predicted molar refractivity (Wildman–Crippen MR) is 62.7 cm³/mol. The molecule has 3 nitrogen and oxygen atoms in total. The Morgan fingerprint density at radius 1 is 1.42 bits per heavy atom. The van der Waals surface area contributed by atoms with Gasteiger partial charge in [0.25, 0.3) is 9.05 Å². The molecule has 7 heteroatoms. The monoisotopic (exact) mass is 429 g/mol.